The summed E-state index contributed by atoms with van der Waals surface area (Å²) in [6.07, 6.45) is 2.37. The number of anilines is 1. The highest BCUT2D eigenvalue weighted by molar-refractivity contribution is 5.72. The van der Waals surface area contributed by atoms with Gasteiger partial charge < -0.3 is 19.6 Å². The molecule has 0 amide bonds. The second-order valence-corrected chi connectivity index (χ2v) is 6.40. The van der Waals surface area contributed by atoms with Crippen LogP contribution in [-0.2, 0) is 27.2 Å². The summed E-state index contributed by atoms with van der Waals surface area (Å²) < 4.78 is 12.6. The van der Waals surface area contributed by atoms with Crippen LogP contribution in [0.3, 0.4) is 0 Å². The van der Waals surface area contributed by atoms with Crippen LogP contribution in [-0.4, -0.2) is 52.7 Å². The fourth-order valence-electron chi connectivity index (χ4n) is 3.30. The molecule has 24 heavy (non-hydrogen) atoms. The fourth-order valence-corrected chi connectivity index (χ4v) is 3.30. The number of imidazole rings is 1. The van der Waals surface area contributed by atoms with Gasteiger partial charge in [-0.15, -0.1) is 0 Å². The third-order valence-electron chi connectivity index (χ3n) is 4.23. The minimum absolute atomic E-state index is 0.156. The molecule has 0 aromatic carbocycles. The molecule has 0 spiro atoms. The van der Waals surface area contributed by atoms with Gasteiger partial charge in [-0.3, -0.25) is 9.69 Å². The van der Waals surface area contributed by atoms with E-state index < -0.39 is 0 Å². The van der Waals surface area contributed by atoms with E-state index in [2.05, 4.69) is 23.7 Å². The summed E-state index contributed by atoms with van der Waals surface area (Å²) in [6, 6.07) is 3.68. The highest BCUT2D eigenvalue weighted by Gasteiger charge is 2.25. The second-order valence-electron chi connectivity index (χ2n) is 6.40. The first kappa shape index (κ1) is 16.7. The van der Waals surface area contributed by atoms with Crippen LogP contribution in [0.4, 0.5) is 5.69 Å². The predicted molar refractivity (Wildman–Crippen MR) is 90.6 cm³/mol. The third kappa shape index (κ3) is 3.52. The molecule has 2 unspecified atom stereocenters. The molecule has 2 aromatic rings. The van der Waals surface area contributed by atoms with Crippen LogP contribution in [0.2, 0.25) is 0 Å². The van der Waals surface area contributed by atoms with Crippen LogP contribution in [0.5, 0.6) is 0 Å². The van der Waals surface area contributed by atoms with Crippen molar-refractivity contribution in [2.75, 3.05) is 25.9 Å². The molecule has 7 heteroatoms. The zero-order valence-corrected chi connectivity index (χ0v) is 14.4. The fraction of sp³-hybridized carbons (Fsp3) is 0.529. The van der Waals surface area contributed by atoms with Crippen LogP contribution in [0.25, 0.3) is 5.65 Å². The van der Waals surface area contributed by atoms with E-state index in [-0.39, 0.29) is 24.6 Å². The number of esters is 1. The van der Waals surface area contributed by atoms with E-state index in [1.807, 2.05) is 22.7 Å². The Hall–Kier alpha value is -2.12. The molecule has 0 saturated carbocycles. The molecule has 1 aliphatic rings. The highest BCUT2D eigenvalue weighted by Crippen LogP contribution is 2.20. The monoisotopic (exact) mass is 332 g/mol. The Morgan fingerprint density at radius 1 is 1.38 bits per heavy atom. The lowest BCUT2D eigenvalue weighted by molar-refractivity contribution is -0.139. The lowest BCUT2D eigenvalue weighted by Crippen LogP contribution is -2.45. The predicted octanol–water partition coefficient (Wildman–Crippen LogP) is 1.24. The van der Waals surface area contributed by atoms with Crippen molar-refractivity contribution in [1.82, 2.24) is 14.3 Å². The molecule has 1 saturated heterocycles. The standard InChI is InChI=1S/C17H24N4O3/c1-11-7-20(8-12(2)24-11)10-15-14(6-17(22)23-3)19-16-5-4-13(18)9-21(15)16/h4-5,9,11-12H,6-8,10,18H2,1-3H3. The Bertz CT molecular complexity index is 733. The minimum atomic E-state index is -0.295. The molecule has 3 heterocycles. The molecular weight excluding hydrogens is 308 g/mol. The van der Waals surface area contributed by atoms with E-state index in [1.165, 1.54) is 7.11 Å². The number of nitrogens with two attached hydrogens (primary N) is 1. The summed E-state index contributed by atoms with van der Waals surface area (Å²) in [4.78, 5) is 18.7. The Labute approximate surface area is 141 Å². The number of nitrogens with zero attached hydrogens (tertiary/aromatic N) is 3. The smallest absolute Gasteiger partial charge is 0.311 e. The first-order chi connectivity index (χ1) is 11.5. The zero-order valence-electron chi connectivity index (χ0n) is 14.4. The Morgan fingerprint density at radius 3 is 2.75 bits per heavy atom. The maximum atomic E-state index is 11.7. The number of carbonyl (C=O) groups is 1. The van der Waals surface area contributed by atoms with E-state index in [4.69, 9.17) is 15.2 Å². The van der Waals surface area contributed by atoms with E-state index in [1.54, 1.807) is 0 Å². The number of rotatable bonds is 4. The van der Waals surface area contributed by atoms with Gasteiger partial charge in [-0.05, 0) is 26.0 Å². The molecule has 2 atom stereocenters. The largest absolute Gasteiger partial charge is 0.469 e. The summed E-state index contributed by atoms with van der Waals surface area (Å²) in [5.74, 6) is -0.295. The number of methoxy groups -OCH3 is 1. The quantitative estimate of drug-likeness (QED) is 0.849. The van der Waals surface area contributed by atoms with Gasteiger partial charge in [0.25, 0.3) is 0 Å². The molecule has 0 radical (unpaired) electrons. The summed E-state index contributed by atoms with van der Waals surface area (Å²) in [6.45, 7) is 6.53. The van der Waals surface area contributed by atoms with Gasteiger partial charge in [0, 0.05) is 31.5 Å². The molecular formula is C17H24N4O3. The number of aromatic nitrogens is 2. The number of hydrogen-bond acceptors (Lipinski definition) is 6. The number of fused-ring (bicyclic) bond motifs is 1. The van der Waals surface area contributed by atoms with Gasteiger partial charge in [-0.2, -0.15) is 0 Å². The van der Waals surface area contributed by atoms with Crippen LogP contribution >= 0.6 is 0 Å². The summed E-state index contributed by atoms with van der Waals surface area (Å²) in [5, 5.41) is 0. The van der Waals surface area contributed by atoms with E-state index in [0.717, 1.165) is 30.1 Å². The molecule has 2 aromatic heterocycles. The Morgan fingerprint density at radius 2 is 2.08 bits per heavy atom. The Balaban J connectivity index is 1.95. The van der Waals surface area contributed by atoms with Gasteiger partial charge in [0.2, 0.25) is 0 Å². The minimum Gasteiger partial charge on any atom is -0.469 e. The van der Waals surface area contributed by atoms with Crippen molar-refractivity contribution in [1.29, 1.82) is 0 Å². The van der Waals surface area contributed by atoms with E-state index in [0.29, 0.717) is 12.2 Å². The average Bonchev–Trinajstić information content (AvgIpc) is 2.83. The van der Waals surface area contributed by atoms with Gasteiger partial charge in [-0.25, -0.2) is 4.98 Å². The van der Waals surface area contributed by atoms with Crippen molar-refractivity contribution < 1.29 is 14.3 Å². The number of carbonyl (C=O) groups excluding carboxylic acids is 1. The first-order valence-electron chi connectivity index (χ1n) is 8.16. The van der Waals surface area contributed by atoms with Crippen LogP contribution < -0.4 is 5.73 Å². The number of ether oxygens (including phenoxy) is 2. The molecule has 0 bridgehead atoms. The molecule has 2 N–H and O–H groups in total. The molecule has 7 nitrogen and oxygen atoms in total. The summed E-state index contributed by atoms with van der Waals surface area (Å²) in [5.41, 5.74) is 9.09. The second kappa shape index (κ2) is 6.78. The first-order valence-corrected chi connectivity index (χ1v) is 8.16. The molecule has 130 valence electrons. The normalized spacial score (nSPS) is 22.0. The van der Waals surface area contributed by atoms with Gasteiger partial charge in [0.1, 0.15) is 5.65 Å². The maximum absolute atomic E-state index is 11.7. The van der Waals surface area contributed by atoms with Crippen molar-refractivity contribution in [2.45, 2.75) is 39.0 Å². The summed E-state index contributed by atoms with van der Waals surface area (Å²) in [7, 11) is 1.39. The van der Waals surface area contributed by atoms with Gasteiger partial charge in [-0.1, -0.05) is 0 Å². The van der Waals surface area contributed by atoms with Crippen molar-refractivity contribution in [2.24, 2.45) is 0 Å². The molecule has 1 fully saturated rings. The summed E-state index contributed by atoms with van der Waals surface area (Å²) >= 11 is 0. The van der Waals surface area contributed by atoms with E-state index >= 15 is 0 Å². The third-order valence-corrected chi connectivity index (χ3v) is 4.23. The van der Waals surface area contributed by atoms with Crippen molar-refractivity contribution in [3.05, 3.63) is 29.7 Å². The molecule has 1 aliphatic heterocycles. The van der Waals surface area contributed by atoms with Gasteiger partial charge in [0.05, 0.1) is 37.1 Å². The van der Waals surface area contributed by atoms with E-state index in [9.17, 15) is 4.79 Å². The molecule has 0 aliphatic carbocycles. The average molecular weight is 332 g/mol. The van der Waals surface area contributed by atoms with Crippen molar-refractivity contribution in [3.63, 3.8) is 0 Å². The number of morpholine rings is 1. The zero-order chi connectivity index (χ0) is 17.3. The topological polar surface area (TPSA) is 82.1 Å². The van der Waals surface area contributed by atoms with Crippen molar-refractivity contribution in [3.8, 4) is 0 Å². The number of nitrogen functional groups attached to an aromatic ring is 1. The number of pyridine rings is 1. The highest BCUT2D eigenvalue weighted by atomic mass is 16.5. The lowest BCUT2D eigenvalue weighted by Gasteiger charge is -2.35. The van der Waals surface area contributed by atoms with Crippen LogP contribution in [0, 0.1) is 0 Å². The van der Waals surface area contributed by atoms with Crippen LogP contribution in [0.1, 0.15) is 25.2 Å². The lowest BCUT2D eigenvalue weighted by atomic mass is 10.2. The van der Waals surface area contributed by atoms with Gasteiger partial charge in [0.15, 0.2) is 0 Å². The maximum Gasteiger partial charge on any atom is 0.311 e. The number of hydrogen-bond donors (Lipinski definition) is 1. The van der Waals surface area contributed by atoms with Crippen molar-refractivity contribution >= 4 is 17.3 Å². The molecule has 3 rings (SSSR count). The van der Waals surface area contributed by atoms with Crippen LogP contribution in [0.15, 0.2) is 18.3 Å². The SMILES string of the molecule is COC(=O)Cc1nc2ccc(N)cn2c1CN1CC(C)OC(C)C1. The van der Waals surface area contributed by atoms with Gasteiger partial charge >= 0.3 is 5.97 Å². The Kier molecular flexibility index (Phi) is 4.73.